The first-order chi connectivity index (χ1) is 10.1. The molecule has 7 heteroatoms. The number of aromatic nitrogens is 3. The summed E-state index contributed by atoms with van der Waals surface area (Å²) in [7, 11) is 3.26. The summed E-state index contributed by atoms with van der Waals surface area (Å²) in [5, 5.41) is 4.19. The van der Waals surface area contributed by atoms with E-state index in [0.717, 1.165) is 0 Å². The lowest BCUT2D eigenvalue weighted by Gasteiger charge is -2.23. The third-order valence-corrected chi connectivity index (χ3v) is 3.31. The molecule has 0 aliphatic carbocycles. The van der Waals surface area contributed by atoms with Gasteiger partial charge in [-0.25, -0.2) is 14.1 Å². The van der Waals surface area contributed by atoms with Crippen molar-refractivity contribution in [3.8, 4) is 0 Å². The number of benzene rings is 1. The summed E-state index contributed by atoms with van der Waals surface area (Å²) in [4.78, 5) is 17.6. The Morgan fingerprint density at radius 2 is 2.19 bits per heavy atom. The van der Waals surface area contributed by atoms with Crippen LogP contribution in [0.1, 0.15) is 28.1 Å². The molecule has 1 unspecified atom stereocenters. The summed E-state index contributed by atoms with van der Waals surface area (Å²) in [6.45, 7) is 0.888. The second kappa shape index (κ2) is 5.25. The molecule has 6 nitrogen and oxygen atoms in total. The maximum atomic E-state index is 13.9. The van der Waals surface area contributed by atoms with Crippen molar-refractivity contribution in [2.45, 2.75) is 12.6 Å². The van der Waals surface area contributed by atoms with Gasteiger partial charge in [0.05, 0.1) is 13.2 Å². The number of fused-ring (bicyclic) bond motifs is 1. The molecule has 1 atom stereocenters. The van der Waals surface area contributed by atoms with Crippen molar-refractivity contribution < 1.29 is 13.9 Å². The molecular formula is C14H15FN4O2. The lowest BCUT2D eigenvalue weighted by Crippen LogP contribution is -2.24. The molecule has 3 rings (SSSR count). The van der Waals surface area contributed by atoms with E-state index in [2.05, 4.69) is 10.1 Å². The van der Waals surface area contributed by atoms with Gasteiger partial charge in [0.25, 0.3) is 5.91 Å². The van der Waals surface area contributed by atoms with Crippen LogP contribution >= 0.6 is 0 Å². The van der Waals surface area contributed by atoms with Crippen LogP contribution < -0.4 is 0 Å². The zero-order chi connectivity index (χ0) is 15.0. The highest BCUT2D eigenvalue weighted by Crippen LogP contribution is 2.29. The van der Waals surface area contributed by atoms with E-state index >= 15 is 0 Å². The van der Waals surface area contributed by atoms with Gasteiger partial charge in [-0.3, -0.25) is 4.79 Å². The Hall–Kier alpha value is -2.28. The smallest absolute Gasteiger partial charge is 0.293 e. The van der Waals surface area contributed by atoms with Gasteiger partial charge < -0.3 is 9.64 Å². The molecule has 1 aromatic heterocycles. The number of hydrogen-bond acceptors (Lipinski definition) is 4. The second-order valence-electron chi connectivity index (χ2n) is 4.99. The number of nitrogens with zero attached hydrogens (tertiary/aromatic N) is 4. The molecule has 21 heavy (non-hydrogen) atoms. The van der Waals surface area contributed by atoms with Crippen LogP contribution in [-0.2, 0) is 11.3 Å². The largest absolute Gasteiger partial charge is 0.363 e. The van der Waals surface area contributed by atoms with Gasteiger partial charge in [0.15, 0.2) is 5.82 Å². The van der Waals surface area contributed by atoms with E-state index in [-0.39, 0.29) is 17.5 Å². The van der Waals surface area contributed by atoms with Crippen LogP contribution in [0, 0.1) is 5.82 Å². The predicted octanol–water partition coefficient (Wildman–Crippen LogP) is 1.24. The molecule has 1 amide bonds. The number of halogens is 1. The Bertz CT molecular complexity index is 683. The van der Waals surface area contributed by atoms with Gasteiger partial charge in [-0.2, -0.15) is 0 Å². The number of carbonyl (C=O) groups is 1. The van der Waals surface area contributed by atoms with Gasteiger partial charge in [0.2, 0.25) is 5.82 Å². The molecule has 0 bridgehead atoms. The van der Waals surface area contributed by atoms with Crippen molar-refractivity contribution >= 4 is 5.91 Å². The van der Waals surface area contributed by atoms with Gasteiger partial charge in [0.1, 0.15) is 11.9 Å². The fraction of sp³-hybridized carbons (Fsp3) is 0.357. The molecule has 0 fully saturated rings. The summed E-state index contributed by atoms with van der Waals surface area (Å²) in [5.74, 6) is -0.0954. The van der Waals surface area contributed by atoms with Crippen molar-refractivity contribution in [1.29, 1.82) is 0 Å². The van der Waals surface area contributed by atoms with Crippen LogP contribution in [0.5, 0.6) is 0 Å². The average Bonchev–Trinajstić information content (AvgIpc) is 2.90. The maximum Gasteiger partial charge on any atom is 0.293 e. The summed E-state index contributed by atoms with van der Waals surface area (Å²) in [6, 6.07) is 6.38. The SMILES string of the molecule is CN(C)C(=O)c1nc2n(n1)CCOC2c1ccccc1F. The van der Waals surface area contributed by atoms with Gasteiger partial charge in [-0.05, 0) is 6.07 Å². The first-order valence-electron chi connectivity index (χ1n) is 6.60. The number of ether oxygens (including phenoxy) is 1. The van der Waals surface area contributed by atoms with Gasteiger partial charge in [-0.1, -0.05) is 18.2 Å². The van der Waals surface area contributed by atoms with E-state index in [1.807, 2.05) is 0 Å². The van der Waals surface area contributed by atoms with Crippen molar-refractivity contribution in [2.75, 3.05) is 20.7 Å². The maximum absolute atomic E-state index is 13.9. The number of hydrogen-bond donors (Lipinski definition) is 0. The molecule has 1 aliphatic rings. The Morgan fingerprint density at radius 1 is 1.43 bits per heavy atom. The van der Waals surface area contributed by atoms with Gasteiger partial charge >= 0.3 is 0 Å². The molecule has 0 saturated heterocycles. The van der Waals surface area contributed by atoms with E-state index in [9.17, 15) is 9.18 Å². The Balaban J connectivity index is 2.02. The van der Waals surface area contributed by atoms with Crippen LogP contribution in [0.15, 0.2) is 24.3 Å². The van der Waals surface area contributed by atoms with Gasteiger partial charge in [-0.15, -0.1) is 5.10 Å². The van der Waals surface area contributed by atoms with Crippen LogP contribution in [0.3, 0.4) is 0 Å². The molecule has 0 N–H and O–H groups in total. The molecule has 1 aromatic carbocycles. The third kappa shape index (κ3) is 2.40. The fourth-order valence-corrected chi connectivity index (χ4v) is 2.25. The molecule has 110 valence electrons. The van der Waals surface area contributed by atoms with Crippen LogP contribution in [0.25, 0.3) is 0 Å². The molecule has 0 spiro atoms. The number of amides is 1. The molecule has 2 heterocycles. The van der Waals surface area contributed by atoms with E-state index < -0.39 is 6.10 Å². The first-order valence-corrected chi connectivity index (χ1v) is 6.60. The van der Waals surface area contributed by atoms with Crippen molar-refractivity contribution in [1.82, 2.24) is 19.7 Å². The minimum atomic E-state index is -0.642. The molecular weight excluding hydrogens is 275 g/mol. The zero-order valence-corrected chi connectivity index (χ0v) is 11.8. The molecule has 0 saturated carbocycles. The summed E-state index contributed by atoms with van der Waals surface area (Å²) in [5.41, 5.74) is 0.398. The lowest BCUT2D eigenvalue weighted by molar-refractivity contribution is 0.0369. The van der Waals surface area contributed by atoms with Crippen molar-refractivity contribution in [3.63, 3.8) is 0 Å². The highest BCUT2D eigenvalue weighted by atomic mass is 19.1. The van der Waals surface area contributed by atoms with Crippen LogP contribution in [0.2, 0.25) is 0 Å². The zero-order valence-electron chi connectivity index (χ0n) is 11.8. The molecule has 1 aliphatic heterocycles. The quantitative estimate of drug-likeness (QED) is 0.835. The second-order valence-corrected chi connectivity index (χ2v) is 4.99. The summed E-state index contributed by atoms with van der Waals surface area (Å²) < 4.78 is 21.2. The normalized spacial score (nSPS) is 17.4. The minimum Gasteiger partial charge on any atom is -0.363 e. The number of carbonyl (C=O) groups excluding carboxylic acids is 1. The Morgan fingerprint density at radius 3 is 2.90 bits per heavy atom. The third-order valence-electron chi connectivity index (χ3n) is 3.31. The van der Waals surface area contributed by atoms with Crippen molar-refractivity contribution in [3.05, 3.63) is 47.3 Å². The molecule has 2 aromatic rings. The topological polar surface area (TPSA) is 60.2 Å². The molecule has 0 radical (unpaired) electrons. The van der Waals surface area contributed by atoms with E-state index in [4.69, 9.17) is 4.74 Å². The lowest BCUT2D eigenvalue weighted by atomic mass is 10.1. The minimum absolute atomic E-state index is 0.0989. The Labute approximate surface area is 121 Å². The summed E-state index contributed by atoms with van der Waals surface area (Å²) in [6.07, 6.45) is -0.642. The van der Waals surface area contributed by atoms with E-state index in [1.165, 1.54) is 11.0 Å². The monoisotopic (exact) mass is 290 g/mol. The highest BCUT2D eigenvalue weighted by Gasteiger charge is 2.30. The number of rotatable bonds is 2. The van der Waals surface area contributed by atoms with Crippen LogP contribution in [-0.4, -0.2) is 46.3 Å². The Kier molecular flexibility index (Phi) is 3.42. The predicted molar refractivity (Wildman–Crippen MR) is 72.2 cm³/mol. The summed E-state index contributed by atoms with van der Waals surface area (Å²) >= 11 is 0. The van der Waals surface area contributed by atoms with Gasteiger partial charge in [0, 0.05) is 19.7 Å². The van der Waals surface area contributed by atoms with Crippen LogP contribution in [0.4, 0.5) is 4.39 Å². The average molecular weight is 290 g/mol. The van der Waals surface area contributed by atoms with E-state index in [1.54, 1.807) is 37.0 Å². The van der Waals surface area contributed by atoms with Crippen molar-refractivity contribution in [2.24, 2.45) is 0 Å². The first kappa shape index (κ1) is 13.7. The fourth-order valence-electron chi connectivity index (χ4n) is 2.25. The van der Waals surface area contributed by atoms with E-state index in [0.29, 0.717) is 24.5 Å². The highest BCUT2D eigenvalue weighted by molar-refractivity contribution is 5.90. The standard InChI is InChI=1S/C14H15FN4O2/c1-18(2)14(20)12-16-13-11(21-8-7-19(13)17-12)9-5-3-4-6-10(9)15/h3-6,11H,7-8H2,1-2H3.